The van der Waals surface area contributed by atoms with Crippen LogP contribution in [0.15, 0.2) is 47.3 Å². The quantitative estimate of drug-likeness (QED) is 0.799. The van der Waals surface area contributed by atoms with E-state index in [-0.39, 0.29) is 11.3 Å². The Balaban J connectivity index is 2.15. The molecule has 0 radical (unpaired) electrons. The molecule has 0 aliphatic heterocycles. The molecule has 1 heterocycles. The van der Waals surface area contributed by atoms with Gasteiger partial charge in [0.05, 0.1) is 16.8 Å². The number of benzene rings is 2. The number of hydrogen-bond acceptors (Lipinski definition) is 3. The van der Waals surface area contributed by atoms with Gasteiger partial charge in [-0.15, -0.1) is 0 Å². The summed E-state index contributed by atoms with van der Waals surface area (Å²) in [6.45, 7) is 1.88. The monoisotopic (exact) mass is 336 g/mol. The zero-order chi connectivity index (χ0) is 15.9. The van der Waals surface area contributed by atoms with Crippen LogP contribution < -0.4 is 5.69 Å². The van der Waals surface area contributed by atoms with Gasteiger partial charge in [-0.05, 0) is 30.7 Å². The number of nitrogens with zero attached hydrogens (tertiary/aromatic N) is 1. The number of aryl methyl sites for hydroxylation is 1. The molecule has 0 aliphatic rings. The fourth-order valence-corrected chi connectivity index (χ4v) is 4.05. The van der Waals surface area contributed by atoms with E-state index in [1.54, 1.807) is 30.3 Å². The first-order valence-corrected chi connectivity index (χ1v) is 8.54. The van der Waals surface area contributed by atoms with Crippen LogP contribution in [-0.2, 0) is 15.8 Å². The maximum Gasteiger partial charge on any atom is 0.340 e. The number of hydrogen-bond donors (Lipinski definition) is 1. The van der Waals surface area contributed by atoms with Gasteiger partial charge in [0.15, 0.2) is 0 Å². The zero-order valence-electron chi connectivity index (χ0n) is 11.7. The van der Waals surface area contributed by atoms with E-state index in [1.807, 2.05) is 13.0 Å². The van der Waals surface area contributed by atoms with Crippen molar-refractivity contribution >= 4 is 32.7 Å². The highest BCUT2D eigenvalue weighted by molar-refractivity contribution is 7.89. The minimum absolute atomic E-state index is 0.255. The molecule has 3 aromatic rings. The van der Waals surface area contributed by atoms with E-state index < -0.39 is 15.7 Å². The van der Waals surface area contributed by atoms with Gasteiger partial charge in [0, 0.05) is 5.02 Å². The third-order valence-corrected chi connectivity index (χ3v) is 5.17. The first-order chi connectivity index (χ1) is 10.4. The number of nitrogens with one attached hydrogen (secondary N) is 1. The Hall–Kier alpha value is -2.05. The smallest absolute Gasteiger partial charge is 0.305 e. The third-order valence-electron chi connectivity index (χ3n) is 3.31. The minimum Gasteiger partial charge on any atom is -0.305 e. The van der Waals surface area contributed by atoms with Crippen LogP contribution in [-0.4, -0.2) is 17.4 Å². The summed E-state index contributed by atoms with van der Waals surface area (Å²) in [6, 6.07) is 11.8. The fourth-order valence-electron chi connectivity index (χ4n) is 2.41. The second kappa shape index (κ2) is 5.30. The molecule has 0 fully saturated rings. The Bertz CT molecular complexity index is 1020. The third kappa shape index (κ3) is 2.67. The minimum atomic E-state index is -3.85. The lowest BCUT2D eigenvalue weighted by atomic mass is 10.2. The number of halogens is 1. The lowest BCUT2D eigenvalue weighted by Gasteiger charge is -2.07. The Morgan fingerprint density at radius 2 is 1.95 bits per heavy atom. The van der Waals surface area contributed by atoms with Gasteiger partial charge >= 0.3 is 5.69 Å². The summed E-state index contributed by atoms with van der Waals surface area (Å²) in [6.07, 6.45) is 0. The SMILES string of the molecule is Cc1cccc(CS(=O)(=O)n2c(=O)[nH]c3ccc(Cl)cc32)c1. The topological polar surface area (TPSA) is 71.9 Å². The Kier molecular flexibility index (Phi) is 3.58. The summed E-state index contributed by atoms with van der Waals surface area (Å²) in [4.78, 5) is 14.6. The van der Waals surface area contributed by atoms with E-state index in [9.17, 15) is 13.2 Å². The van der Waals surface area contributed by atoms with E-state index in [2.05, 4.69) is 4.98 Å². The first-order valence-electron chi connectivity index (χ1n) is 6.56. The van der Waals surface area contributed by atoms with Crippen LogP contribution in [0.1, 0.15) is 11.1 Å². The molecule has 22 heavy (non-hydrogen) atoms. The summed E-state index contributed by atoms with van der Waals surface area (Å²) >= 11 is 5.91. The number of aromatic amines is 1. The molecule has 2 aromatic carbocycles. The number of H-pyrrole nitrogens is 1. The van der Waals surface area contributed by atoms with Crippen molar-refractivity contribution in [2.75, 3.05) is 0 Å². The average Bonchev–Trinajstić information content (AvgIpc) is 2.74. The van der Waals surface area contributed by atoms with Crippen LogP contribution in [0.3, 0.4) is 0 Å². The first kappa shape index (κ1) is 14.9. The molecule has 0 amide bonds. The van der Waals surface area contributed by atoms with Crippen LogP contribution in [0.25, 0.3) is 11.0 Å². The largest absolute Gasteiger partial charge is 0.340 e. The Morgan fingerprint density at radius 1 is 1.18 bits per heavy atom. The molecule has 0 saturated carbocycles. The second-order valence-corrected chi connectivity index (χ2v) is 7.36. The normalized spacial score (nSPS) is 11.9. The van der Waals surface area contributed by atoms with Crippen molar-refractivity contribution in [1.82, 2.24) is 8.96 Å². The van der Waals surface area contributed by atoms with Crippen molar-refractivity contribution < 1.29 is 8.42 Å². The molecule has 3 rings (SSSR count). The average molecular weight is 337 g/mol. The van der Waals surface area contributed by atoms with Gasteiger partial charge in [0.2, 0.25) is 10.0 Å². The molecule has 0 bridgehead atoms. The Morgan fingerprint density at radius 3 is 2.68 bits per heavy atom. The lowest BCUT2D eigenvalue weighted by molar-refractivity contribution is 0.586. The molecular formula is C15H13ClN2O3S. The van der Waals surface area contributed by atoms with Gasteiger partial charge in [0.1, 0.15) is 0 Å². The van der Waals surface area contributed by atoms with Gasteiger partial charge in [-0.1, -0.05) is 41.4 Å². The van der Waals surface area contributed by atoms with Gasteiger partial charge in [0.25, 0.3) is 0 Å². The van der Waals surface area contributed by atoms with Crippen molar-refractivity contribution in [3.05, 3.63) is 69.1 Å². The van der Waals surface area contributed by atoms with Crippen molar-refractivity contribution in [1.29, 1.82) is 0 Å². The highest BCUT2D eigenvalue weighted by Gasteiger charge is 2.21. The molecule has 0 saturated heterocycles. The molecule has 5 nitrogen and oxygen atoms in total. The molecule has 0 unspecified atom stereocenters. The lowest BCUT2D eigenvalue weighted by Crippen LogP contribution is -2.26. The second-order valence-electron chi connectivity index (χ2n) is 5.10. The van der Waals surface area contributed by atoms with Gasteiger partial charge in [-0.3, -0.25) is 0 Å². The summed E-state index contributed by atoms with van der Waals surface area (Å²) in [5, 5.41) is 0.367. The van der Waals surface area contributed by atoms with Crippen molar-refractivity contribution in [2.45, 2.75) is 12.7 Å². The summed E-state index contributed by atoms with van der Waals surface area (Å²) < 4.78 is 26.0. The summed E-state index contributed by atoms with van der Waals surface area (Å²) in [5.41, 5.74) is 1.59. The molecule has 1 aromatic heterocycles. The van der Waals surface area contributed by atoms with E-state index in [0.29, 0.717) is 16.1 Å². The van der Waals surface area contributed by atoms with Crippen molar-refractivity contribution in [3.63, 3.8) is 0 Å². The van der Waals surface area contributed by atoms with Gasteiger partial charge in [-0.25, -0.2) is 13.2 Å². The highest BCUT2D eigenvalue weighted by Crippen LogP contribution is 2.19. The standard InChI is InChI=1S/C15H13ClN2O3S/c1-10-3-2-4-11(7-10)9-22(20,21)18-14-8-12(16)5-6-13(14)17-15(18)19/h2-8H,9H2,1H3,(H,17,19). The molecule has 0 spiro atoms. The van der Waals surface area contributed by atoms with Crippen molar-refractivity contribution in [3.8, 4) is 0 Å². The van der Waals surface area contributed by atoms with Crippen LogP contribution in [0.5, 0.6) is 0 Å². The number of imidazole rings is 1. The predicted molar refractivity (Wildman–Crippen MR) is 86.8 cm³/mol. The maximum atomic E-state index is 12.6. The number of aromatic nitrogens is 2. The van der Waals surface area contributed by atoms with Gasteiger partial charge in [-0.2, -0.15) is 3.97 Å². The van der Waals surface area contributed by atoms with Crippen molar-refractivity contribution in [2.24, 2.45) is 0 Å². The Labute approximate surface area is 132 Å². The van der Waals surface area contributed by atoms with E-state index in [0.717, 1.165) is 9.54 Å². The van der Waals surface area contributed by atoms with E-state index in [4.69, 9.17) is 11.6 Å². The number of fused-ring (bicyclic) bond motifs is 1. The van der Waals surface area contributed by atoms with Crippen LogP contribution in [0, 0.1) is 6.92 Å². The maximum absolute atomic E-state index is 12.6. The molecular weight excluding hydrogens is 324 g/mol. The summed E-state index contributed by atoms with van der Waals surface area (Å²) in [7, 11) is -3.85. The van der Waals surface area contributed by atoms with Crippen LogP contribution in [0.4, 0.5) is 0 Å². The van der Waals surface area contributed by atoms with Crippen LogP contribution >= 0.6 is 11.6 Å². The number of rotatable bonds is 3. The fraction of sp³-hybridized carbons (Fsp3) is 0.133. The molecule has 7 heteroatoms. The molecule has 1 N–H and O–H groups in total. The summed E-state index contributed by atoms with van der Waals surface area (Å²) in [5.74, 6) is -0.256. The molecule has 0 aliphatic carbocycles. The zero-order valence-corrected chi connectivity index (χ0v) is 13.3. The predicted octanol–water partition coefficient (Wildman–Crippen LogP) is 2.67. The van der Waals surface area contributed by atoms with Crippen LogP contribution in [0.2, 0.25) is 5.02 Å². The van der Waals surface area contributed by atoms with Gasteiger partial charge < -0.3 is 4.98 Å². The van der Waals surface area contributed by atoms with E-state index >= 15 is 0 Å². The molecule has 0 atom stereocenters. The highest BCUT2D eigenvalue weighted by atomic mass is 35.5. The van der Waals surface area contributed by atoms with E-state index in [1.165, 1.54) is 6.07 Å². The molecule has 114 valence electrons.